The van der Waals surface area contributed by atoms with E-state index in [2.05, 4.69) is 31.9 Å². The highest BCUT2D eigenvalue weighted by molar-refractivity contribution is 9.11. The number of rotatable bonds is 1. The first kappa shape index (κ1) is 8.94. The second kappa shape index (κ2) is 4.02. The molecule has 0 aliphatic rings. The van der Waals surface area contributed by atoms with Gasteiger partial charge in [-0.05, 0) is 39.7 Å². The Hall–Kier alpha value is -0.150. The lowest BCUT2D eigenvalue weighted by atomic mass is 10.2. The first-order valence-electron chi connectivity index (χ1n) is 2.97. The Balaban J connectivity index is 2.91. The molecule has 0 bridgehead atoms. The fourth-order valence-electron chi connectivity index (χ4n) is 0.685. The van der Waals surface area contributed by atoms with Crippen LogP contribution in [-0.4, -0.2) is 0 Å². The van der Waals surface area contributed by atoms with Crippen molar-refractivity contribution < 1.29 is 4.39 Å². The van der Waals surface area contributed by atoms with Crippen LogP contribution in [0.15, 0.2) is 33.5 Å². The molecule has 0 N–H and O–H groups in total. The zero-order valence-corrected chi connectivity index (χ0v) is 8.69. The molecule has 3 heteroatoms. The largest absolute Gasteiger partial charge is 0.199 e. The second-order valence-electron chi connectivity index (χ2n) is 1.99. The van der Waals surface area contributed by atoms with Crippen molar-refractivity contribution in [1.29, 1.82) is 0 Å². The lowest BCUT2D eigenvalue weighted by molar-refractivity contribution is 0.712. The van der Waals surface area contributed by atoms with Gasteiger partial charge in [0, 0.05) is 4.47 Å². The maximum atomic E-state index is 12.3. The molecule has 0 amide bonds. The van der Waals surface area contributed by atoms with Crippen molar-refractivity contribution in [2.24, 2.45) is 0 Å². The van der Waals surface area contributed by atoms with E-state index in [1.54, 1.807) is 0 Å². The molecule has 0 unspecified atom stereocenters. The minimum atomic E-state index is -0.361. The third-order valence-corrected chi connectivity index (χ3v) is 1.90. The third-order valence-electron chi connectivity index (χ3n) is 1.15. The van der Waals surface area contributed by atoms with Crippen LogP contribution in [0, 0.1) is 0 Å². The van der Waals surface area contributed by atoms with E-state index in [9.17, 15) is 4.39 Å². The number of halogens is 3. The van der Waals surface area contributed by atoms with Gasteiger partial charge in [0.25, 0.3) is 0 Å². The topological polar surface area (TPSA) is 0 Å². The molecule has 0 fully saturated rings. The van der Waals surface area contributed by atoms with Crippen molar-refractivity contribution >= 4 is 37.9 Å². The third kappa shape index (κ3) is 3.16. The smallest absolute Gasteiger partial charge is 0.166 e. The van der Waals surface area contributed by atoms with Gasteiger partial charge in [0.05, 0.1) is 0 Å². The van der Waals surface area contributed by atoms with E-state index in [0.29, 0.717) is 0 Å². The zero-order chi connectivity index (χ0) is 8.27. The Morgan fingerprint density at radius 3 is 2.27 bits per heavy atom. The van der Waals surface area contributed by atoms with E-state index in [1.165, 1.54) is 6.08 Å². The Morgan fingerprint density at radius 1 is 1.27 bits per heavy atom. The normalized spacial score (nSPS) is 11.7. The molecular formula is C8H5Br2F. The molecule has 0 nitrogen and oxygen atoms in total. The maximum Gasteiger partial charge on any atom is 0.166 e. The van der Waals surface area contributed by atoms with Crippen molar-refractivity contribution in [3.8, 4) is 0 Å². The lowest BCUT2D eigenvalue weighted by Gasteiger charge is -1.92. The lowest BCUT2D eigenvalue weighted by Crippen LogP contribution is -1.70. The predicted molar refractivity (Wildman–Crippen MR) is 52.2 cm³/mol. The van der Waals surface area contributed by atoms with E-state index in [4.69, 9.17) is 0 Å². The molecule has 0 atom stereocenters. The van der Waals surface area contributed by atoms with E-state index in [-0.39, 0.29) is 4.74 Å². The molecule has 0 aliphatic heterocycles. The molecule has 0 heterocycles. The van der Waals surface area contributed by atoms with Gasteiger partial charge in [-0.1, -0.05) is 28.1 Å². The van der Waals surface area contributed by atoms with E-state index in [1.807, 2.05) is 24.3 Å². The molecular weight excluding hydrogens is 275 g/mol. The van der Waals surface area contributed by atoms with Gasteiger partial charge in [-0.3, -0.25) is 0 Å². The monoisotopic (exact) mass is 278 g/mol. The molecule has 0 spiro atoms. The fourth-order valence-corrected chi connectivity index (χ4v) is 1.21. The molecule has 58 valence electrons. The fraction of sp³-hybridized carbons (Fsp3) is 0. The predicted octanol–water partition coefficient (Wildman–Crippen LogP) is 4.11. The van der Waals surface area contributed by atoms with Crippen LogP contribution in [0.4, 0.5) is 4.39 Å². The SMILES string of the molecule is F/C(Br)=C/c1ccc(Br)cc1. The summed E-state index contributed by atoms with van der Waals surface area (Å²) in [4.78, 5) is 0. The summed E-state index contributed by atoms with van der Waals surface area (Å²) in [5.74, 6) is 0. The van der Waals surface area contributed by atoms with Gasteiger partial charge >= 0.3 is 0 Å². The Labute approximate surface area is 81.4 Å². The highest BCUT2D eigenvalue weighted by Crippen LogP contribution is 2.15. The first-order valence-corrected chi connectivity index (χ1v) is 4.55. The second-order valence-corrected chi connectivity index (χ2v) is 3.66. The standard InChI is InChI=1S/C8H5Br2F/c9-7-3-1-6(2-4-7)5-8(10)11/h1-5H/b8-5+. The van der Waals surface area contributed by atoms with E-state index in [0.717, 1.165) is 10.0 Å². The number of hydrogen-bond acceptors (Lipinski definition) is 0. The molecule has 0 radical (unpaired) electrons. The number of benzene rings is 1. The van der Waals surface area contributed by atoms with Gasteiger partial charge < -0.3 is 0 Å². The van der Waals surface area contributed by atoms with Gasteiger partial charge in [0.1, 0.15) is 0 Å². The summed E-state index contributed by atoms with van der Waals surface area (Å²) in [6.07, 6.45) is 1.41. The summed E-state index contributed by atoms with van der Waals surface area (Å²) in [6, 6.07) is 7.37. The minimum absolute atomic E-state index is 0.361. The highest BCUT2D eigenvalue weighted by atomic mass is 79.9. The quantitative estimate of drug-likeness (QED) is 0.726. The van der Waals surface area contributed by atoms with Crippen LogP contribution in [0.3, 0.4) is 0 Å². The Kier molecular flexibility index (Phi) is 3.27. The summed E-state index contributed by atoms with van der Waals surface area (Å²) < 4.78 is 12.9. The Morgan fingerprint density at radius 2 is 1.82 bits per heavy atom. The van der Waals surface area contributed by atoms with Crippen LogP contribution in [0.5, 0.6) is 0 Å². The van der Waals surface area contributed by atoms with Crippen molar-refractivity contribution in [3.05, 3.63) is 39.0 Å². The van der Waals surface area contributed by atoms with Crippen molar-refractivity contribution in [3.63, 3.8) is 0 Å². The molecule has 0 aromatic heterocycles. The van der Waals surface area contributed by atoms with Crippen molar-refractivity contribution in [2.45, 2.75) is 0 Å². The molecule has 1 aromatic rings. The van der Waals surface area contributed by atoms with Crippen LogP contribution in [0.2, 0.25) is 0 Å². The van der Waals surface area contributed by atoms with E-state index >= 15 is 0 Å². The van der Waals surface area contributed by atoms with Crippen LogP contribution in [0.25, 0.3) is 6.08 Å². The summed E-state index contributed by atoms with van der Waals surface area (Å²) in [5.41, 5.74) is 0.836. The number of hydrogen-bond donors (Lipinski definition) is 0. The van der Waals surface area contributed by atoms with Gasteiger partial charge in [0.15, 0.2) is 4.74 Å². The van der Waals surface area contributed by atoms with Crippen LogP contribution in [-0.2, 0) is 0 Å². The molecule has 1 rings (SSSR count). The van der Waals surface area contributed by atoms with Crippen molar-refractivity contribution in [2.75, 3.05) is 0 Å². The average Bonchev–Trinajstić information content (AvgIpc) is 1.93. The van der Waals surface area contributed by atoms with Gasteiger partial charge in [-0.25, -0.2) is 0 Å². The van der Waals surface area contributed by atoms with Gasteiger partial charge in [0.2, 0.25) is 0 Å². The first-order chi connectivity index (χ1) is 5.18. The summed E-state index contributed by atoms with van der Waals surface area (Å²) in [7, 11) is 0. The van der Waals surface area contributed by atoms with Gasteiger partial charge in [-0.2, -0.15) is 4.39 Å². The maximum absolute atomic E-state index is 12.3. The zero-order valence-electron chi connectivity index (χ0n) is 5.52. The highest BCUT2D eigenvalue weighted by Gasteiger charge is 1.89. The molecule has 11 heavy (non-hydrogen) atoms. The molecule has 0 aliphatic carbocycles. The average molecular weight is 280 g/mol. The van der Waals surface area contributed by atoms with Crippen LogP contribution < -0.4 is 0 Å². The molecule has 0 saturated heterocycles. The summed E-state index contributed by atoms with van der Waals surface area (Å²) in [6.45, 7) is 0. The van der Waals surface area contributed by atoms with Crippen LogP contribution >= 0.6 is 31.9 Å². The molecule has 0 saturated carbocycles. The van der Waals surface area contributed by atoms with E-state index < -0.39 is 0 Å². The van der Waals surface area contributed by atoms with Crippen LogP contribution in [0.1, 0.15) is 5.56 Å². The van der Waals surface area contributed by atoms with Crippen molar-refractivity contribution in [1.82, 2.24) is 0 Å². The summed E-state index contributed by atoms with van der Waals surface area (Å²) >= 11 is 6.00. The summed E-state index contributed by atoms with van der Waals surface area (Å²) in [5, 5.41) is 0. The Bertz CT molecular complexity index is 260. The van der Waals surface area contributed by atoms with Gasteiger partial charge in [-0.15, -0.1) is 0 Å². The minimum Gasteiger partial charge on any atom is -0.199 e. The molecule has 1 aromatic carbocycles.